The summed E-state index contributed by atoms with van der Waals surface area (Å²) < 4.78 is 10.5. The quantitative estimate of drug-likeness (QED) is 0.673. The molecule has 1 rings (SSSR count). The first-order chi connectivity index (χ1) is 9.56. The van der Waals surface area contributed by atoms with E-state index in [1.807, 2.05) is 6.92 Å². The third-order valence-electron chi connectivity index (χ3n) is 3.76. The van der Waals surface area contributed by atoms with Crippen LogP contribution in [-0.4, -0.2) is 25.2 Å². The molecule has 1 aliphatic rings. The maximum atomic E-state index is 12.1. The lowest BCUT2D eigenvalue weighted by Gasteiger charge is -2.28. The van der Waals surface area contributed by atoms with Gasteiger partial charge >= 0.3 is 11.9 Å². The molecular weight excluding hydrogens is 256 g/mol. The molecule has 0 heterocycles. The van der Waals surface area contributed by atoms with Crippen LogP contribution in [0.4, 0.5) is 0 Å². The fourth-order valence-electron chi connectivity index (χ4n) is 2.51. The van der Waals surface area contributed by atoms with E-state index in [9.17, 15) is 9.59 Å². The van der Waals surface area contributed by atoms with E-state index in [0.29, 0.717) is 19.1 Å². The lowest BCUT2D eigenvalue weighted by molar-refractivity contribution is -0.163. The minimum atomic E-state index is -0.305. The van der Waals surface area contributed by atoms with E-state index in [2.05, 4.69) is 13.8 Å². The Kier molecular flexibility index (Phi) is 7.63. The lowest BCUT2D eigenvalue weighted by Crippen LogP contribution is -2.35. The zero-order chi connectivity index (χ0) is 15.0. The first-order valence-corrected chi connectivity index (χ1v) is 7.89. The van der Waals surface area contributed by atoms with Crippen LogP contribution in [0.3, 0.4) is 0 Å². The SMILES string of the molecule is CCCOC(=O)C1CCCCC1C(=O)OCCC(C)C. The van der Waals surface area contributed by atoms with Gasteiger partial charge in [0.05, 0.1) is 25.0 Å². The molecule has 1 aliphatic carbocycles. The number of hydrogen-bond acceptors (Lipinski definition) is 4. The van der Waals surface area contributed by atoms with Gasteiger partial charge in [-0.05, 0) is 31.6 Å². The second-order valence-corrected chi connectivity index (χ2v) is 6.01. The molecule has 0 aromatic rings. The number of carbonyl (C=O) groups is 2. The molecule has 0 N–H and O–H groups in total. The minimum Gasteiger partial charge on any atom is -0.465 e. The van der Waals surface area contributed by atoms with Gasteiger partial charge in [0, 0.05) is 0 Å². The summed E-state index contributed by atoms with van der Waals surface area (Å²) in [4.78, 5) is 24.2. The molecule has 0 bridgehead atoms. The summed E-state index contributed by atoms with van der Waals surface area (Å²) in [6.45, 7) is 7.04. The topological polar surface area (TPSA) is 52.6 Å². The van der Waals surface area contributed by atoms with Crippen molar-refractivity contribution in [2.24, 2.45) is 17.8 Å². The fraction of sp³-hybridized carbons (Fsp3) is 0.875. The Morgan fingerprint density at radius 2 is 1.50 bits per heavy atom. The molecule has 2 unspecified atom stereocenters. The maximum Gasteiger partial charge on any atom is 0.309 e. The normalized spacial score (nSPS) is 22.6. The highest BCUT2D eigenvalue weighted by molar-refractivity contribution is 5.82. The second-order valence-electron chi connectivity index (χ2n) is 6.01. The average molecular weight is 284 g/mol. The first-order valence-electron chi connectivity index (χ1n) is 7.89. The molecule has 4 heteroatoms. The monoisotopic (exact) mass is 284 g/mol. The molecule has 0 aromatic carbocycles. The second kappa shape index (κ2) is 8.98. The number of rotatable bonds is 7. The van der Waals surface area contributed by atoms with E-state index in [1.54, 1.807) is 0 Å². The molecule has 1 saturated carbocycles. The van der Waals surface area contributed by atoms with E-state index >= 15 is 0 Å². The van der Waals surface area contributed by atoms with Crippen molar-refractivity contribution in [2.75, 3.05) is 13.2 Å². The lowest BCUT2D eigenvalue weighted by atomic mass is 9.79. The van der Waals surface area contributed by atoms with Gasteiger partial charge in [-0.1, -0.05) is 33.6 Å². The number of esters is 2. The molecule has 2 atom stereocenters. The van der Waals surface area contributed by atoms with Gasteiger partial charge in [0.1, 0.15) is 0 Å². The van der Waals surface area contributed by atoms with Gasteiger partial charge in [0.25, 0.3) is 0 Å². The highest BCUT2D eigenvalue weighted by Gasteiger charge is 2.37. The van der Waals surface area contributed by atoms with Gasteiger partial charge in [-0.2, -0.15) is 0 Å². The Bertz CT molecular complexity index is 312. The zero-order valence-electron chi connectivity index (χ0n) is 13.0. The molecule has 0 saturated heterocycles. The smallest absolute Gasteiger partial charge is 0.309 e. The average Bonchev–Trinajstić information content (AvgIpc) is 2.44. The standard InChI is InChI=1S/C16H28O4/c1-4-10-19-15(17)13-7-5-6-8-14(13)16(18)20-11-9-12(2)3/h12-14H,4-11H2,1-3H3. The van der Waals surface area contributed by atoms with Crippen LogP contribution in [0.5, 0.6) is 0 Å². The predicted molar refractivity (Wildman–Crippen MR) is 77.1 cm³/mol. The Balaban J connectivity index is 2.50. The van der Waals surface area contributed by atoms with Gasteiger partial charge < -0.3 is 9.47 Å². The van der Waals surface area contributed by atoms with Crippen molar-refractivity contribution in [1.29, 1.82) is 0 Å². The van der Waals surface area contributed by atoms with Gasteiger partial charge in [0.15, 0.2) is 0 Å². The molecule has 4 nitrogen and oxygen atoms in total. The van der Waals surface area contributed by atoms with E-state index < -0.39 is 0 Å². The van der Waals surface area contributed by atoms with Crippen LogP contribution in [0.15, 0.2) is 0 Å². The number of ether oxygens (including phenoxy) is 2. The first kappa shape index (κ1) is 17.0. The Hall–Kier alpha value is -1.06. The maximum absolute atomic E-state index is 12.1. The third kappa shape index (κ3) is 5.51. The largest absolute Gasteiger partial charge is 0.465 e. The van der Waals surface area contributed by atoms with Gasteiger partial charge in [0.2, 0.25) is 0 Å². The van der Waals surface area contributed by atoms with Gasteiger partial charge in [-0.3, -0.25) is 9.59 Å². The van der Waals surface area contributed by atoms with Crippen LogP contribution in [0.1, 0.15) is 59.3 Å². The van der Waals surface area contributed by atoms with Crippen LogP contribution in [-0.2, 0) is 19.1 Å². The summed E-state index contributed by atoms with van der Waals surface area (Å²) in [5.41, 5.74) is 0. The molecule has 0 amide bonds. The van der Waals surface area contributed by atoms with Crippen molar-refractivity contribution < 1.29 is 19.1 Å². The van der Waals surface area contributed by atoms with E-state index in [4.69, 9.17) is 9.47 Å². The Morgan fingerprint density at radius 3 is 1.95 bits per heavy atom. The molecule has 116 valence electrons. The van der Waals surface area contributed by atoms with Crippen molar-refractivity contribution in [3.8, 4) is 0 Å². The summed E-state index contributed by atoms with van der Waals surface area (Å²) in [6, 6.07) is 0. The minimum absolute atomic E-state index is 0.219. The van der Waals surface area contributed by atoms with Crippen LogP contribution in [0, 0.1) is 17.8 Å². The summed E-state index contributed by atoms with van der Waals surface area (Å²) in [7, 11) is 0. The molecule has 20 heavy (non-hydrogen) atoms. The predicted octanol–water partition coefficient (Wildman–Crippen LogP) is 3.34. The van der Waals surface area contributed by atoms with E-state index in [0.717, 1.165) is 38.5 Å². The molecule has 1 fully saturated rings. The van der Waals surface area contributed by atoms with Crippen molar-refractivity contribution in [2.45, 2.75) is 59.3 Å². The van der Waals surface area contributed by atoms with Crippen molar-refractivity contribution in [1.82, 2.24) is 0 Å². The summed E-state index contributed by atoms with van der Waals surface area (Å²) >= 11 is 0. The van der Waals surface area contributed by atoms with Gasteiger partial charge in [-0.15, -0.1) is 0 Å². The molecular formula is C16H28O4. The van der Waals surface area contributed by atoms with Crippen molar-refractivity contribution >= 4 is 11.9 Å². The summed E-state index contributed by atoms with van der Waals surface area (Å²) in [5, 5.41) is 0. The molecule has 0 spiro atoms. The molecule has 0 aromatic heterocycles. The number of carbonyl (C=O) groups excluding carboxylic acids is 2. The third-order valence-corrected chi connectivity index (χ3v) is 3.76. The highest BCUT2D eigenvalue weighted by atomic mass is 16.5. The Morgan fingerprint density at radius 1 is 1.00 bits per heavy atom. The Labute approximate surface area is 122 Å². The molecule has 0 aliphatic heterocycles. The van der Waals surface area contributed by atoms with Crippen LogP contribution >= 0.6 is 0 Å². The summed E-state index contributed by atoms with van der Waals surface area (Å²) in [5.74, 6) is -0.539. The van der Waals surface area contributed by atoms with Crippen LogP contribution in [0.25, 0.3) is 0 Å². The van der Waals surface area contributed by atoms with Crippen molar-refractivity contribution in [3.63, 3.8) is 0 Å². The van der Waals surface area contributed by atoms with E-state index in [-0.39, 0.29) is 23.8 Å². The van der Waals surface area contributed by atoms with Crippen LogP contribution < -0.4 is 0 Å². The van der Waals surface area contributed by atoms with Crippen molar-refractivity contribution in [3.05, 3.63) is 0 Å². The van der Waals surface area contributed by atoms with Crippen LogP contribution in [0.2, 0.25) is 0 Å². The summed E-state index contributed by atoms with van der Waals surface area (Å²) in [6.07, 6.45) is 5.13. The zero-order valence-corrected chi connectivity index (χ0v) is 13.0. The van der Waals surface area contributed by atoms with E-state index in [1.165, 1.54) is 0 Å². The molecule has 0 radical (unpaired) electrons. The van der Waals surface area contributed by atoms with Gasteiger partial charge in [-0.25, -0.2) is 0 Å². The highest BCUT2D eigenvalue weighted by Crippen LogP contribution is 2.32. The fourth-order valence-corrected chi connectivity index (χ4v) is 2.51. The number of hydrogen-bond donors (Lipinski definition) is 0.